The SMILES string of the molecule is CC(C)=CCCC(C)=CCCC(C)=CCOC(=O)C(C)(O)C1CC(C)CCC1C(C)C. The van der Waals surface area contributed by atoms with Crippen LogP contribution in [-0.2, 0) is 9.53 Å². The van der Waals surface area contributed by atoms with Crippen molar-refractivity contribution in [1.82, 2.24) is 0 Å². The largest absolute Gasteiger partial charge is 0.459 e. The zero-order chi connectivity index (χ0) is 23.6. The summed E-state index contributed by atoms with van der Waals surface area (Å²) in [5.74, 6) is 0.852. The van der Waals surface area contributed by atoms with E-state index in [1.165, 1.54) is 23.1 Å². The Labute approximate surface area is 192 Å². The zero-order valence-corrected chi connectivity index (χ0v) is 21.5. The van der Waals surface area contributed by atoms with Crippen molar-refractivity contribution < 1.29 is 14.6 Å². The van der Waals surface area contributed by atoms with Gasteiger partial charge in [-0.1, -0.05) is 56.1 Å². The van der Waals surface area contributed by atoms with Crippen LogP contribution in [0.4, 0.5) is 0 Å². The minimum Gasteiger partial charge on any atom is -0.459 e. The summed E-state index contributed by atoms with van der Waals surface area (Å²) in [6, 6.07) is 0. The molecule has 1 rings (SSSR count). The minimum atomic E-state index is -1.42. The summed E-state index contributed by atoms with van der Waals surface area (Å²) in [4.78, 5) is 12.8. The van der Waals surface area contributed by atoms with E-state index in [0.717, 1.165) is 38.5 Å². The zero-order valence-electron chi connectivity index (χ0n) is 21.5. The average molecular weight is 433 g/mol. The molecule has 0 spiro atoms. The monoisotopic (exact) mass is 432 g/mol. The Bertz CT molecular complexity index is 647. The number of ether oxygens (including phenoxy) is 1. The lowest BCUT2D eigenvalue weighted by Crippen LogP contribution is -2.50. The fourth-order valence-electron chi connectivity index (χ4n) is 4.74. The van der Waals surface area contributed by atoms with Crippen LogP contribution in [0.2, 0.25) is 0 Å². The molecule has 0 radical (unpaired) electrons. The second-order valence-corrected chi connectivity index (χ2v) is 10.6. The molecule has 0 aliphatic heterocycles. The number of hydrogen-bond donors (Lipinski definition) is 1. The Hall–Kier alpha value is -1.35. The van der Waals surface area contributed by atoms with Crippen molar-refractivity contribution in [2.45, 2.75) is 106 Å². The van der Waals surface area contributed by atoms with E-state index in [4.69, 9.17) is 4.74 Å². The first kappa shape index (κ1) is 27.7. The van der Waals surface area contributed by atoms with Gasteiger partial charge in [-0.15, -0.1) is 0 Å². The van der Waals surface area contributed by atoms with E-state index < -0.39 is 11.6 Å². The topological polar surface area (TPSA) is 46.5 Å². The van der Waals surface area contributed by atoms with Crippen LogP contribution in [0.15, 0.2) is 34.9 Å². The Balaban J connectivity index is 2.52. The van der Waals surface area contributed by atoms with E-state index in [1.807, 2.05) is 6.08 Å². The number of esters is 1. The lowest BCUT2D eigenvalue weighted by atomic mass is 9.64. The second-order valence-electron chi connectivity index (χ2n) is 10.6. The van der Waals surface area contributed by atoms with Crippen molar-refractivity contribution in [2.24, 2.45) is 23.7 Å². The third kappa shape index (κ3) is 9.76. The average Bonchev–Trinajstić information content (AvgIpc) is 2.67. The van der Waals surface area contributed by atoms with Crippen molar-refractivity contribution in [3.63, 3.8) is 0 Å². The third-order valence-electron chi connectivity index (χ3n) is 6.93. The van der Waals surface area contributed by atoms with Gasteiger partial charge in [-0.05, 0) is 97.0 Å². The third-order valence-corrected chi connectivity index (χ3v) is 6.93. The fraction of sp³-hybridized carbons (Fsp3) is 0.750. The van der Waals surface area contributed by atoms with Gasteiger partial charge < -0.3 is 9.84 Å². The van der Waals surface area contributed by atoms with Gasteiger partial charge >= 0.3 is 5.97 Å². The molecule has 4 unspecified atom stereocenters. The van der Waals surface area contributed by atoms with E-state index in [9.17, 15) is 9.90 Å². The van der Waals surface area contributed by atoms with Crippen molar-refractivity contribution in [3.8, 4) is 0 Å². The Kier molecular flexibility index (Phi) is 11.8. The molecular weight excluding hydrogens is 384 g/mol. The molecule has 4 atom stereocenters. The van der Waals surface area contributed by atoms with E-state index in [0.29, 0.717) is 17.8 Å². The quantitative estimate of drug-likeness (QED) is 0.273. The van der Waals surface area contributed by atoms with E-state index >= 15 is 0 Å². The van der Waals surface area contributed by atoms with Crippen LogP contribution in [0.5, 0.6) is 0 Å². The Morgan fingerprint density at radius 3 is 2.19 bits per heavy atom. The normalized spacial score (nSPS) is 24.6. The molecule has 31 heavy (non-hydrogen) atoms. The van der Waals surface area contributed by atoms with Crippen molar-refractivity contribution in [3.05, 3.63) is 34.9 Å². The highest BCUT2D eigenvalue weighted by Crippen LogP contribution is 2.43. The van der Waals surface area contributed by atoms with Gasteiger partial charge in [0.1, 0.15) is 6.61 Å². The predicted molar refractivity (Wildman–Crippen MR) is 132 cm³/mol. The molecule has 0 amide bonds. The number of rotatable bonds is 11. The summed E-state index contributed by atoms with van der Waals surface area (Å²) < 4.78 is 5.51. The van der Waals surface area contributed by atoms with Crippen molar-refractivity contribution >= 4 is 5.97 Å². The predicted octanol–water partition coefficient (Wildman–Crippen LogP) is 7.41. The van der Waals surface area contributed by atoms with Crippen LogP contribution >= 0.6 is 0 Å². The van der Waals surface area contributed by atoms with E-state index in [2.05, 4.69) is 60.6 Å². The standard InChI is InChI=1S/C28H48O3/c1-20(2)11-9-12-22(5)13-10-14-23(6)17-18-31-27(29)28(8,30)26-19-24(7)15-16-25(26)21(3)4/h11,13,17,21,24-26,30H,9-10,12,14-16,18-19H2,1-8H3. The van der Waals surface area contributed by atoms with E-state index in [-0.39, 0.29) is 12.5 Å². The molecule has 3 heteroatoms. The first-order valence-corrected chi connectivity index (χ1v) is 12.3. The molecule has 1 aliphatic carbocycles. The highest BCUT2D eigenvalue weighted by Gasteiger charge is 2.47. The summed E-state index contributed by atoms with van der Waals surface area (Å²) in [5.41, 5.74) is 2.59. The summed E-state index contributed by atoms with van der Waals surface area (Å²) in [6.45, 7) is 17.0. The Morgan fingerprint density at radius 2 is 1.61 bits per heavy atom. The highest BCUT2D eigenvalue weighted by molar-refractivity contribution is 5.79. The summed E-state index contributed by atoms with van der Waals surface area (Å²) in [6.07, 6.45) is 13.9. The minimum absolute atomic E-state index is 0.0340. The van der Waals surface area contributed by atoms with Gasteiger partial charge in [-0.2, -0.15) is 0 Å². The fourth-order valence-corrected chi connectivity index (χ4v) is 4.74. The molecule has 3 nitrogen and oxygen atoms in total. The maximum Gasteiger partial charge on any atom is 0.338 e. The smallest absolute Gasteiger partial charge is 0.338 e. The lowest BCUT2D eigenvalue weighted by molar-refractivity contribution is -0.174. The number of allylic oxidation sites excluding steroid dienone is 5. The molecule has 0 aromatic carbocycles. The van der Waals surface area contributed by atoms with Crippen LogP contribution in [0, 0.1) is 23.7 Å². The molecule has 1 N–H and O–H groups in total. The van der Waals surface area contributed by atoms with Gasteiger partial charge in [0.15, 0.2) is 5.60 Å². The molecule has 0 aromatic heterocycles. The molecule has 0 bridgehead atoms. The molecule has 1 fully saturated rings. The summed E-state index contributed by atoms with van der Waals surface area (Å²) in [5, 5.41) is 11.1. The van der Waals surface area contributed by atoms with Gasteiger partial charge in [0.25, 0.3) is 0 Å². The number of hydrogen-bond acceptors (Lipinski definition) is 3. The second kappa shape index (κ2) is 13.3. The molecule has 0 heterocycles. The first-order chi connectivity index (χ1) is 14.4. The number of aliphatic hydroxyl groups is 1. The van der Waals surface area contributed by atoms with Crippen LogP contribution in [0.25, 0.3) is 0 Å². The van der Waals surface area contributed by atoms with Crippen LogP contribution in [0.3, 0.4) is 0 Å². The van der Waals surface area contributed by atoms with Crippen molar-refractivity contribution in [1.29, 1.82) is 0 Å². The molecule has 178 valence electrons. The van der Waals surface area contributed by atoms with Gasteiger partial charge in [-0.25, -0.2) is 4.79 Å². The number of carbonyl (C=O) groups excluding carboxylic acids is 1. The van der Waals surface area contributed by atoms with Gasteiger partial charge in [-0.3, -0.25) is 0 Å². The van der Waals surface area contributed by atoms with Crippen molar-refractivity contribution in [2.75, 3.05) is 6.61 Å². The van der Waals surface area contributed by atoms with Gasteiger partial charge in [0.05, 0.1) is 0 Å². The molecular formula is C28H48O3. The van der Waals surface area contributed by atoms with Crippen LogP contribution < -0.4 is 0 Å². The summed E-state index contributed by atoms with van der Waals surface area (Å²) >= 11 is 0. The van der Waals surface area contributed by atoms with Crippen LogP contribution in [0.1, 0.15) is 100 Å². The Morgan fingerprint density at radius 1 is 1.03 bits per heavy atom. The van der Waals surface area contributed by atoms with Crippen LogP contribution in [-0.4, -0.2) is 23.3 Å². The number of carbonyl (C=O) groups is 1. The van der Waals surface area contributed by atoms with E-state index in [1.54, 1.807) is 6.92 Å². The molecule has 0 saturated heterocycles. The van der Waals surface area contributed by atoms with Gasteiger partial charge in [0, 0.05) is 5.92 Å². The lowest BCUT2D eigenvalue weighted by Gasteiger charge is -2.43. The molecule has 1 aliphatic rings. The molecule has 1 saturated carbocycles. The maximum atomic E-state index is 12.8. The molecule has 0 aromatic rings. The first-order valence-electron chi connectivity index (χ1n) is 12.3. The summed E-state index contributed by atoms with van der Waals surface area (Å²) in [7, 11) is 0. The van der Waals surface area contributed by atoms with Gasteiger partial charge in [0.2, 0.25) is 0 Å². The maximum absolute atomic E-state index is 12.8. The highest BCUT2D eigenvalue weighted by atomic mass is 16.5.